The Morgan fingerprint density at radius 1 is 1.10 bits per heavy atom. The molecule has 2 aliphatic heterocycles. The van der Waals surface area contributed by atoms with Crippen LogP contribution in [-0.4, -0.2) is 100 Å². The van der Waals surface area contributed by atoms with Crippen LogP contribution in [0.15, 0.2) is 41.3 Å². The number of carbonyl (C=O) groups excluding carboxylic acids is 1. The number of benzene rings is 2. The van der Waals surface area contributed by atoms with Gasteiger partial charge in [0.25, 0.3) is 5.91 Å². The highest BCUT2D eigenvalue weighted by atomic mass is 32.2. The second-order valence-electron chi connectivity index (χ2n) is 10.6. The number of nitrogens with zero attached hydrogens (tertiary/aromatic N) is 4. The molecular formula is C29H38N4O6S2. The molecule has 2 aliphatic rings. The third kappa shape index (κ3) is 6.58. The Morgan fingerprint density at radius 2 is 1.78 bits per heavy atom. The molecule has 5 rings (SSSR count). The van der Waals surface area contributed by atoms with E-state index in [0.29, 0.717) is 36.1 Å². The number of ether oxygens (including phenoxy) is 3. The first-order valence-electron chi connectivity index (χ1n) is 14.0. The van der Waals surface area contributed by atoms with Gasteiger partial charge in [0.15, 0.2) is 5.13 Å². The molecule has 1 amide bonds. The molecule has 222 valence electrons. The topological polar surface area (TPSA) is 102 Å². The number of morpholine rings is 2. The van der Waals surface area contributed by atoms with Crippen LogP contribution < -0.4 is 9.64 Å². The number of amides is 1. The van der Waals surface area contributed by atoms with Gasteiger partial charge in [0.2, 0.25) is 10.0 Å². The van der Waals surface area contributed by atoms with Crippen molar-refractivity contribution in [3.63, 3.8) is 0 Å². The molecule has 2 fully saturated rings. The number of aromatic nitrogens is 1. The van der Waals surface area contributed by atoms with Crippen molar-refractivity contribution in [2.24, 2.45) is 0 Å². The zero-order valence-corrected chi connectivity index (χ0v) is 25.7. The number of thiazole rings is 1. The number of fused-ring (bicyclic) bond motifs is 1. The first-order chi connectivity index (χ1) is 19.7. The summed E-state index contributed by atoms with van der Waals surface area (Å²) in [6.45, 7) is 10.9. The average molecular weight is 603 g/mol. The van der Waals surface area contributed by atoms with Crippen LogP contribution in [0.4, 0.5) is 5.13 Å². The standard InChI is InChI=1S/C29H38N4O6S2/c1-20-6-11-25(37-4)26-27(20)40-29(30-26)33(13-5-12-31-14-16-38-17-15-31)28(34)23-7-9-24(10-8-23)41(35,36)32-18-21(2)39-22(3)19-32/h6-11,21-22H,5,12-19H2,1-4H3. The number of hydrogen-bond donors (Lipinski definition) is 0. The Kier molecular flexibility index (Phi) is 9.27. The smallest absolute Gasteiger partial charge is 0.260 e. The maximum atomic E-state index is 13.9. The van der Waals surface area contributed by atoms with Crippen LogP contribution >= 0.6 is 11.3 Å². The van der Waals surface area contributed by atoms with Crippen molar-refractivity contribution >= 4 is 42.6 Å². The number of carbonyl (C=O) groups is 1. The van der Waals surface area contributed by atoms with Gasteiger partial charge in [-0.25, -0.2) is 13.4 Å². The van der Waals surface area contributed by atoms with E-state index in [1.165, 1.54) is 27.8 Å². The fraction of sp³-hybridized carbons (Fsp3) is 0.517. The minimum absolute atomic E-state index is 0.162. The van der Waals surface area contributed by atoms with Crippen molar-refractivity contribution in [2.75, 3.05) is 64.5 Å². The van der Waals surface area contributed by atoms with Crippen LogP contribution in [0.25, 0.3) is 10.2 Å². The fourth-order valence-corrected chi connectivity index (χ4v) is 8.01. The van der Waals surface area contributed by atoms with Crippen molar-refractivity contribution in [1.29, 1.82) is 0 Å². The van der Waals surface area contributed by atoms with Crippen LogP contribution in [0.3, 0.4) is 0 Å². The summed E-state index contributed by atoms with van der Waals surface area (Å²) >= 11 is 1.46. The molecule has 0 aliphatic carbocycles. The molecule has 3 heterocycles. The summed E-state index contributed by atoms with van der Waals surface area (Å²) in [6, 6.07) is 10.1. The molecule has 2 atom stereocenters. The molecule has 10 nitrogen and oxygen atoms in total. The average Bonchev–Trinajstić information content (AvgIpc) is 3.41. The number of sulfonamides is 1. The van der Waals surface area contributed by atoms with Gasteiger partial charge >= 0.3 is 0 Å². The van der Waals surface area contributed by atoms with Crippen molar-refractivity contribution in [1.82, 2.24) is 14.2 Å². The minimum Gasteiger partial charge on any atom is -0.494 e. The molecule has 3 aromatic rings. The lowest BCUT2D eigenvalue weighted by Crippen LogP contribution is -2.48. The van der Waals surface area contributed by atoms with Crippen LogP contribution in [0.5, 0.6) is 5.75 Å². The molecule has 2 unspecified atom stereocenters. The van der Waals surface area contributed by atoms with E-state index in [1.807, 2.05) is 32.9 Å². The van der Waals surface area contributed by atoms with Crippen molar-refractivity contribution in [2.45, 2.75) is 44.3 Å². The molecule has 0 spiro atoms. The number of rotatable bonds is 9. The second kappa shape index (κ2) is 12.7. The number of anilines is 1. The van der Waals surface area contributed by atoms with Gasteiger partial charge in [-0.1, -0.05) is 17.4 Å². The molecule has 1 aromatic heterocycles. The van der Waals surface area contributed by atoms with E-state index in [2.05, 4.69) is 4.90 Å². The van der Waals surface area contributed by atoms with Crippen molar-refractivity contribution < 1.29 is 27.4 Å². The summed E-state index contributed by atoms with van der Waals surface area (Å²) in [4.78, 5) is 23.0. The fourth-order valence-electron chi connectivity index (χ4n) is 5.34. The largest absolute Gasteiger partial charge is 0.494 e. The SMILES string of the molecule is COc1ccc(C)c2sc(N(CCCN3CCOCC3)C(=O)c3ccc(S(=O)(=O)N4CC(C)OC(C)C4)cc3)nc12. The predicted octanol–water partition coefficient (Wildman–Crippen LogP) is 3.78. The molecule has 12 heteroatoms. The van der Waals surface area contributed by atoms with E-state index in [9.17, 15) is 13.2 Å². The highest BCUT2D eigenvalue weighted by Crippen LogP contribution is 2.37. The van der Waals surface area contributed by atoms with E-state index in [1.54, 1.807) is 24.1 Å². The van der Waals surface area contributed by atoms with Crippen molar-refractivity contribution in [3.05, 3.63) is 47.5 Å². The highest BCUT2D eigenvalue weighted by Gasteiger charge is 2.32. The van der Waals surface area contributed by atoms with Crippen LogP contribution in [0, 0.1) is 6.92 Å². The quantitative estimate of drug-likeness (QED) is 0.365. The summed E-state index contributed by atoms with van der Waals surface area (Å²) < 4.78 is 45.8. The predicted molar refractivity (Wildman–Crippen MR) is 160 cm³/mol. The molecule has 2 aromatic carbocycles. The second-order valence-corrected chi connectivity index (χ2v) is 13.5. The first-order valence-corrected chi connectivity index (χ1v) is 16.2. The van der Waals surface area contributed by atoms with Gasteiger partial charge in [-0.3, -0.25) is 14.6 Å². The van der Waals surface area contributed by atoms with E-state index < -0.39 is 10.0 Å². The number of aryl methyl sites for hydroxylation is 1. The Bertz CT molecular complexity index is 1460. The summed E-state index contributed by atoms with van der Waals surface area (Å²) in [7, 11) is -2.10. The Hall–Kier alpha value is -2.61. The zero-order valence-electron chi connectivity index (χ0n) is 24.0. The zero-order chi connectivity index (χ0) is 29.1. The van der Waals surface area contributed by atoms with Crippen LogP contribution in [0.2, 0.25) is 0 Å². The molecule has 0 bridgehead atoms. The maximum Gasteiger partial charge on any atom is 0.260 e. The van der Waals surface area contributed by atoms with Crippen LogP contribution in [0.1, 0.15) is 36.2 Å². The van der Waals surface area contributed by atoms with Gasteiger partial charge in [-0.15, -0.1) is 0 Å². The Labute approximate surface area is 245 Å². The molecule has 0 N–H and O–H groups in total. The first kappa shape index (κ1) is 29.9. The Morgan fingerprint density at radius 3 is 2.44 bits per heavy atom. The lowest BCUT2D eigenvalue weighted by molar-refractivity contribution is -0.0440. The summed E-state index contributed by atoms with van der Waals surface area (Å²) in [5.74, 6) is 0.440. The molecule has 41 heavy (non-hydrogen) atoms. The minimum atomic E-state index is -3.71. The van der Waals surface area contributed by atoms with Crippen LogP contribution in [-0.2, 0) is 19.5 Å². The van der Waals surface area contributed by atoms with Gasteiger partial charge in [0.05, 0.1) is 42.1 Å². The van der Waals surface area contributed by atoms with Gasteiger partial charge < -0.3 is 14.2 Å². The normalized spacial score (nSPS) is 20.8. The number of methoxy groups -OCH3 is 1. The summed E-state index contributed by atoms with van der Waals surface area (Å²) in [5.41, 5.74) is 2.20. The Balaban J connectivity index is 1.40. The van der Waals surface area contributed by atoms with Gasteiger partial charge in [0, 0.05) is 44.8 Å². The van der Waals surface area contributed by atoms with Gasteiger partial charge in [-0.05, 0) is 63.1 Å². The molecular weight excluding hydrogens is 564 g/mol. The van der Waals surface area contributed by atoms with Crippen molar-refractivity contribution in [3.8, 4) is 5.75 Å². The monoisotopic (exact) mass is 602 g/mol. The number of hydrogen-bond acceptors (Lipinski definition) is 9. The van der Waals surface area contributed by atoms with E-state index in [0.717, 1.165) is 55.0 Å². The van der Waals surface area contributed by atoms with E-state index in [4.69, 9.17) is 19.2 Å². The lowest BCUT2D eigenvalue weighted by atomic mass is 10.2. The third-order valence-electron chi connectivity index (χ3n) is 7.47. The van der Waals surface area contributed by atoms with Gasteiger partial charge in [-0.2, -0.15) is 4.31 Å². The van der Waals surface area contributed by atoms with E-state index in [-0.39, 0.29) is 23.0 Å². The lowest BCUT2D eigenvalue weighted by Gasteiger charge is -2.34. The molecule has 2 saturated heterocycles. The molecule has 0 radical (unpaired) electrons. The molecule has 0 saturated carbocycles. The third-order valence-corrected chi connectivity index (χ3v) is 10.5. The maximum absolute atomic E-state index is 13.9. The van der Waals surface area contributed by atoms with Gasteiger partial charge in [0.1, 0.15) is 11.3 Å². The highest BCUT2D eigenvalue weighted by molar-refractivity contribution is 7.89. The van der Waals surface area contributed by atoms with E-state index >= 15 is 0 Å². The summed E-state index contributed by atoms with van der Waals surface area (Å²) in [5, 5.41) is 0.590. The summed E-state index contributed by atoms with van der Waals surface area (Å²) in [6.07, 6.45) is 0.394.